The SMILES string of the molecule is CC(C)(C)OC(=O)N1CCCC[C@H]1C(=O)CCl. The molecule has 1 atom stereocenters. The van der Waals surface area contributed by atoms with Crippen LogP contribution in [0.5, 0.6) is 0 Å². The van der Waals surface area contributed by atoms with Gasteiger partial charge in [0.2, 0.25) is 0 Å². The van der Waals surface area contributed by atoms with Crippen LogP contribution in [0.2, 0.25) is 0 Å². The van der Waals surface area contributed by atoms with Gasteiger partial charge in [-0.2, -0.15) is 0 Å². The smallest absolute Gasteiger partial charge is 0.410 e. The summed E-state index contributed by atoms with van der Waals surface area (Å²) in [5.74, 6) is -0.151. The Labute approximate surface area is 107 Å². The van der Waals surface area contributed by atoms with E-state index in [0.29, 0.717) is 13.0 Å². The van der Waals surface area contributed by atoms with Crippen LogP contribution in [0.15, 0.2) is 0 Å². The minimum absolute atomic E-state index is 0.0516. The Morgan fingerprint density at radius 3 is 2.53 bits per heavy atom. The maximum Gasteiger partial charge on any atom is 0.410 e. The van der Waals surface area contributed by atoms with Gasteiger partial charge in [-0.05, 0) is 40.0 Å². The highest BCUT2D eigenvalue weighted by Crippen LogP contribution is 2.21. The first-order valence-electron chi connectivity index (χ1n) is 5.93. The van der Waals surface area contributed by atoms with Crippen molar-refractivity contribution in [2.24, 2.45) is 0 Å². The molecule has 1 aliphatic rings. The molecule has 17 heavy (non-hydrogen) atoms. The quantitative estimate of drug-likeness (QED) is 0.718. The van der Waals surface area contributed by atoms with Crippen molar-refractivity contribution in [2.45, 2.75) is 51.7 Å². The summed E-state index contributed by atoms with van der Waals surface area (Å²) in [7, 11) is 0. The van der Waals surface area contributed by atoms with E-state index in [1.54, 1.807) is 0 Å². The molecule has 1 fully saturated rings. The molecule has 98 valence electrons. The number of piperidine rings is 1. The summed E-state index contributed by atoms with van der Waals surface area (Å²) < 4.78 is 5.29. The molecule has 0 aromatic heterocycles. The highest BCUT2D eigenvalue weighted by molar-refractivity contribution is 6.28. The van der Waals surface area contributed by atoms with E-state index in [0.717, 1.165) is 12.8 Å². The zero-order valence-corrected chi connectivity index (χ0v) is 11.4. The number of nitrogens with zero attached hydrogens (tertiary/aromatic N) is 1. The summed E-state index contributed by atoms with van der Waals surface area (Å²) in [4.78, 5) is 25.1. The van der Waals surface area contributed by atoms with Crippen molar-refractivity contribution in [3.8, 4) is 0 Å². The molecule has 5 heteroatoms. The monoisotopic (exact) mass is 261 g/mol. The molecule has 0 unspecified atom stereocenters. The van der Waals surface area contributed by atoms with Crippen molar-refractivity contribution in [3.05, 3.63) is 0 Å². The average molecular weight is 262 g/mol. The van der Waals surface area contributed by atoms with Crippen LogP contribution in [0.3, 0.4) is 0 Å². The Morgan fingerprint density at radius 2 is 2.00 bits per heavy atom. The van der Waals surface area contributed by atoms with Crippen molar-refractivity contribution < 1.29 is 14.3 Å². The molecule has 1 amide bonds. The van der Waals surface area contributed by atoms with E-state index >= 15 is 0 Å². The lowest BCUT2D eigenvalue weighted by atomic mass is 10.00. The first-order valence-corrected chi connectivity index (χ1v) is 6.47. The Balaban J connectivity index is 2.71. The predicted octanol–water partition coefficient (Wildman–Crippen LogP) is 2.58. The number of likely N-dealkylation sites (tertiary alicyclic amines) is 1. The number of carbonyl (C=O) groups is 2. The zero-order valence-electron chi connectivity index (χ0n) is 10.7. The van der Waals surface area contributed by atoms with Gasteiger partial charge in [-0.25, -0.2) is 4.79 Å². The molecule has 0 N–H and O–H groups in total. The van der Waals surface area contributed by atoms with Crippen molar-refractivity contribution in [1.82, 2.24) is 4.90 Å². The predicted molar refractivity (Wildman–Crippen MR) is 66.3 cm³/mol. The number of halogens is 1. The van der Waals surface area contributed by atoms with Gasteiger partial charge in [0.1, 0.15) is 5.60 Å². The fourth-order valence-corrected chi connectivity index (χ4v) is 2.07. The Hall–Kier alpha value is -0.770. The van der Waals surface area contributed by atoms with E-state index in [2.05, 4.69) is 0 Å². The van der Waals surface area contributed by atoms with Gasteiger partial charge in [0.25, 0.3) is 0 Å². The van der Waals surface area contributed by atoms with E-state index in [-0.39, 0.29) is 11.7 Å². The van der Waals surface area contributed by atoms with Gasteiger partial charge in [0.05, 0.1) is 11.9 Å². The first kappa shape index (κ1) is 14.3. The molecule has 0 bridgehead atoms. The summed E-state index contributed by atoms with van der Waals surface area (Å²) in [6.07, 6.45) is 2.13. The molecule has 0 aliphatic carbocycles. The van der Waals surface area contributed by atoms with E-state index < -0.39 is 17.7 Å². The molecule has 0 saturated carbocycles. The average Bonchev–Trinajstić information content (AvgIpc) is 2.25. The summed E-state index contributed by atoms with van der Waals surface area (Å²) in [5.41, 5.74) is -0.539. The summed E-state index contributed by atoms with van der Waals surface area (Å²) in [6.45, 7) is 6.01. The maximum atomic E-state index is 12.0. The van der Waals surface area contributed by atoms with Crippen LogP contribution in [0.25, 0.3) is 0 Å². The lowest BCUT2D eigenvalue weighted by Gasteiger charge is -2.35. The Bertz CT molecular complexity index is 299. The van der Waals surface area contributed by atoms with Crippen LogP contribution in [-0.2, 0) is 9.53 Å². The topological polar surface area (TPSA) is 46.6 Å². The van der Waals surface area contributed by atoms with Crippen molar-refractivity contribution in [3.63, 3.8) is 0 Å². The molecular weight excluding hydrogens is 242 g/mol. The third-order valence-corrected chi connectivity index (χ3v) is 2.90. The number of ether oxygens (including phenoxy) is 1. The van der Waals surface area contributed by atoms with E-state index in [4.69, 9.17) is 16.3 Å². The number of hydrogen-bond donors (Lipinski definition) is 0. The van der Waals surface area contributed by atoms with E-state index in [1.807, 2.05) is 20.8 Å². The fraction of sp³-hybridized carbons (Fsp3) is 0.833. The van der Waals surface area contributed by atoms with Crippen molar-refractivity contribution in [2.75, 3.05) is 12.4 Å². The van der Waals surface area contributed by atoms with Gasteiger partial charge in [-0.3, -0.25) is 9.69 Å². The van der Waals surface area contributed by atoms with Gasteiger partial charge in [0.15, 0.2) is 5.78 Å². The van der Waals surface area contributed by atoms with Crippen LogP contribution >= 0.6 is 11.6 Å². The second-order valence-corrected chi connectivity index (χ2v) is 5.55. The van der Waals surface area contributed by atoms with Gasteiger partial charge < -0.3 is 4.74 Å². The molecule has 0 radical (unpaired) electrons. The third-order valence-electron chi connectivity index (χ3n) is 2.63. The van der Waals surface area contributed by atoms with E-state index in [9.17, 15) is 9.59 Å². The highest BCUT2D eigenvalue weighted by Gasteiger charge is 2.33. The molecule has 1 heterocycles. The Kier molecular flexibility index (Phi) is 4.80. The van der Waals surface area contributed by atoms with Crippen molar-refractivity contribution >= 4 is 23.5 Å². The van der Waals surface area contributed by atoms with Crippen LogP contribution < -0.4 is 0 Å². The van der Waals surface area contributed by atoms with Gasteiger partial charge in [0, 0.05) is 6.54 Å². The standard InChI is InChI=1S/C12H20ClNO3/c1-12(2,3)17-11(16)14-7-5-4-6-9(14)10(15)8-13/h9H,4-8H2,1-3H3/t9-/m0/s1. The maximum absolute atomic E-state index is 12.0. The van der Waals surface area contributed by atoms with Crippen LogP contribution in [0.4, 0.5) is 4.79 Å². The number of alkyl halides is 1. The second kappa shape index (κ2) is 5.71. The number of rotatable bonds is 2. The number of Topliss-reactive ketones (excluding diaryl/α,β-unsaturated/α-hetero) is 1. The Morgan fingerprint density at radius 1 is 1.35 bits per heavy atom. The molecule has 4 nitrogen and oxygen atoms in total. The number of hydrogen-bond acceptors (Lipinski definition) is 3. The normalized spacial score (nSPS) is 21.2. The lowest BCUT2D eigenvalue weighted by molar-refractivity contribution is -0.123. The molecule has 0 aromatic rings. The number of carbonyl (C=O) groups excluding carboxylic acids is 2. The minimum Gasteiger partial charge on any atom is -0.444 e. The zero-order chi connectivity index (χ0) is 13.1. The molecule has 1 saturated heterocycles. The summed E-state index contributed by atoms with van der Waals surface area (Å²) in [5, 5.41) is 0. The van der Waals surface area contributed by atoms with Crippen LogP contribution in [-0.4, -0.2) is 40.8 Å². The number of ketones is 1. The molecule has 0 spiro atoms. The van der Waals surface area contributed by atoms with Crippen LogP contribution in [0, 0.1) is 0 Å². The first-order chi connectivity index (χ1) is 7.85. The lowest BCUT2D eigenvalue weighted by Crippen LogP contribution is -2.50. The van der Waals surface area contributed by atoms with Crippen LogP contribution in [0.1, 0.15) is 40.0 Å². The minimum atomic E-state index is -0.539. The van der Waals surface area contributed by atoms with E-state index in [1.165, 1.54) is 4.90 Å². The number of amides is 1. The van der Waals surface area contributed by atoms with Crippen molar-refractivity contribution in [1.29, 1.82) is 0 Å². The van der Waals surface area contributed by atoms with Gasteiger partial charge >= 0.3 is 6.09 Å². The largest absolute Gasteiger partial charge is 0.444 e. The molecular formula is C12H20ClNO3. The van der Waals surface area contributed by atoms with Gasteiger partial charge in [-0.15, -0.1) is 11.6 Å². The van der Waals surface area contributed by atoms with Gasteiger partial charge in [-0.1, -0.05) is 0 Å². The summed E-state index contributed by atoms with van der Waals surface area (Å²) in [6, 6.07) is -0.406. The second-order valence-electron chi connectivity index (χ2n) is 5.29. The summed E-state index contributed by atoms with van der Waals surface area (Å²) >= 11 is 5.56. The molecule has 1 rings (SSSR count). The molecule has 0 aromatic carbocycles. The third kappa shape index (κ3) is 4.19. The fourth-order valence-electron chi connectivity index (χ4n) is 1.89. The molecule has 1 aliphatic heterocycles. The highest BCUT2D eigenvalue weighted by atomic mass is 35.5.